The number of amides is 2. The van der Waals surface area contributed by atoms with Gasteiger partial charge in [0.2, 0.25) is 0 Å². The summed E-state index contributed by atoms with van der Waals surface area (Å²) in [4.78, 5) is 24.4. The molecule has 0 spiro atoms. The first-order valence-corrected chi connectivity index (χ1v) is 9.92. The monoisotopic (exact) mass is 390 g/mol. The van der Waals surface area contributed by atoms with Crippen molar-refractivity contribution < 1.29 is 9.59 Å². The Morgan fingerprint density at radius 1 is 1.19 bits per heavy atom. The zero-order chi connectivity index (χ0) is 20.0. The van der Waals surface area contributed by atoms with Gasteiger partial charge in [0.1, 0.15) is 6.04 Å². The minimum atomic E-state index is -0.693. The SMILES string of the molecule is Cc1cccc(C(=O)N[C@@H](C)C(=O)NNC(=S)N[C@@H]2CCC[C@H](C)[C@@H]2C)c1. The zero-order valence-electron chi connectivity index (χ0n) is 16.5. The first kappa shape index (κ1) is 21.2. The van der Waals surface area contributed by atoms with Crippen LogP contribution in [0, 0.1) is 18.8 Å². The number of nitrogens with one attached hydrogen (secondary N) is 4. The molecule has 2 rings (SSSR count). The fraction of sp³-hybridized carbons (Fsp3) is 0.550. The number of carbonyl (C=O) groups is 2. The van der Waals surface area contributed by atoms with Gasteiger partial charge in [-0.2, -0.15) is 0 Å². The molecule has 0 radical (unpaired) electrons. The molecule has 2 amide bonds. The van der Waals surface area contributed by atoms with Crippen molar-refractivity contribution in [3.8, 4) is 0 Å². The number of carbonyl (C=O) groups excluding carboxylic acids is 2. The standard InChI is InChI=1S/C20H30N4O2S/c1-12-7-5-9-16(11-12)19(26)21-15(4)18(25)23-24-20(27)22-17-10-6-8-13(2)14(17)3/h5,7,9,11,13-15,17H,6,8,10H2,1-4H3,(H,21,26)(H,23,25)(H2,22,24,27)/t13-,14-,15-,17+/m0/s1. The highest BCUT2D eigenvalue weighted by molar-refractivity contribution is 7.80. The van der Waals surface area contributed by atoms with E-state index in [4.69, 9.17) is 12.2 Å². The molecule has 0 aromatic heterocycles. The summed E-state index contributed by atoms with van der Waals surface area (Å²) in [6, 6.07) is 6.85. The largest absolute Gasteiger partial charge is 0.358 e. The summed E-state index contributed by atoms with van der Waals surface area (Å²) in [5.41, 5.74) is 6.81. The van der Waals surface area contributed by atoms with Crippen molar-refractivity contribution in [1.29, 1.82) is 0 Å². The molecule has 1 aliphatic carbocycles. The number of hydrogen-bond donors (Lipinski definition) is 4. The fourth-order valence-electron chi connectivity index (χ4n) is 3.35. The molecule has 1 saturated carbocycles. The number of aryl methyl sites for hydroxylation is 1. The zero-order valence-corrected chi connectivity index (χ0v) is 17.3. The molecule has 1 aromatic carbocycles. The lowest BCUT2D eigenvalue weighted by Crippen LogP contribution is -2.55. The molecule has 0 aliphatic heterocycles. The molecular formula is C20H30N4O2S. The highest BCUT2D eigenvalue weighted by atomic mass is 32.1. The summed E-state index contributed by atoms with van der Waals surface area (Å²) in [6.45, 7) is 8.03. The van der Waals surface area contributed by atoms with Gasteiger partial charge in [0, 0.05) is 11.6 Å². The maximum atomic E-state index is 12.2. The number of rotatable bonds is 4. The van der Waals surface area contributed by atoms with Gasteiger partial charge in [-0.25, -0.2) is 0 Å². The Bertz CT molecular complexity index is 694. The fourth-order valence-corrected chi connectivity index (χ4v) is 3.55. The lowest BCUT2D eigenvalue weighted by Gasteiger charge is -2.35. The third kappa shape index (κ3) is 6.20. The number of hydrazine groups is 1. The summed E-state index contributed by atoms with van der Waals surface area (Å²) in [6.07, 6.45) is 3.50. The average molecular weight is 391 g/mol. The quantitative estimate of drug-likeness (QED) is 0.469. The van der Waals surface area contributed by atoms with Crippen LogP contribution in [0.2, 0.25) is 0 Å². The first-order chi connectivity index (χ1) is 12.8. The van der Waals surface area contributed by atoms with E-state index in [2.05, 4.69) is 35.3 Å². The van der Waals surface area contributed by atoms with Crippen molar-refractivity contribution in [1.82, 2.24) is 21.5 Å². The lowest BCUT2D eigenvalue weighted by molar-refractivity contribution is -0.123. The van der Waals surface area contributed by atoms with Crippen LogP contribution in [0.3, 0.4) is 0 Å². The Labute approximate surface area is 166 Å². The first-order valence-electron chi connectivity index (χ1n) is 9.51. The van der Waals surface area contributed by atoms with Gasteiger partial charge in [-0.3, -0.25) is 20.4 Å². The molecule has 1 fully saturated rings. The van der Waals surface area contributed by atoms with Crippen LogP contribution in [0.5, 0.6) is 0 Å². The van der Waals surface area contributed by atoms with Crippen LogP contribution >= 0.6 is 12.2 Å². The smallest absolute Gasteiger partial charge is 0.260 e. The predicted octanol–water partition coefficient (Wildman–Crippen LogP) is 2.43. The van der Waals surface area contributed by atoms with Crippen molar-refractivity contribution in [2.24, 2.45) is 11.8 Å². The van der Waals surface area contributed by atoms with Crippen LogP contribution < -0.4 is 21.5 Å². The van der Waals surface area contributed by atoms with Crippen molar-refractivity contribution in [3.05, 3.63) is 35.4 Å². The molecule has 7 heteroatoms. The average Bonchev–Trinajstić information content (AvgIpc) is 2.63. The molecule has 4 atom stereocenters. The minimum absolute atomic E-state index is 0.285. The highest BCUT2D eigenvalue weighted by Gasteiger charge is 2.27. The van der Waals surface area contributed by atoms with Crippen molar-refractivity contribution in [3.63, 3.8) is 0 Å². The van der Waals surface area contributed by atoms with E-state index >= 15 is 0 Å². The molecular weight excluding hydrogens is 360 g/mol. The topological polar surface area (TPSA) is 82.3 Å². The van der Waals surface area contributed by atoms with Gasteiger partial charge in [0.15, 0.2) is 5.11 Å². The van der Waals surface area contributed by atoms with Gasteiger partial charge in [0.05, 0.1) is 0 Å². The van der Waals surface area contributed by atoms with Crippen LogP contribution in [0.15, 0.2) is 24.3 Å². The summed E-state index contributed by atoms with van der Waals surface area (Å²) >= 11 is 5.29. The molecule has 148 valence electrons. The van der Waals surface area contributed by atoms with Crippen LogP contribution in [-0.2, 0) is 4.79 Å². The van der Waals surface area contributed by atoms with E-state index in [-0.39, 0.29) is 11.8 Å². The summed E-state index contributed by atoms with van der Waals surface area (Å²) in [7, 11) is 0. The Morgan fingerprint density at radius 3 is 2.63 bits per heavy atom. The minimum Gasteiger partial charge on any atom is -0.358 e. The molecule has 27 heavy (non-hydrogen) atoms. The Hall–Kier alpha value is -2.15. The molecule has 1 aliphatic rings. The van der Waals surface area contributed by atoms with Crippen LogP contribution in [0.1, 0.15) is 56.0 Å². The highest BCUT2D eigenvalue weighted by Crippen LogP contribution is 2.29. The van der Waals surface area contributed by atoms with Crippen LogP contribution in [-0.4, -0.2) is 29.0 Å². The maximum absolute atomic E-state index is 12.2. The molecule has 6 nitrogen and oxygen atoms in total. The second-order valence-electron chi connectivity index (χ2n) is 7.53. The molecule has 0 saturated heterocycles. The van der Waals surface area contributed by atoms with E-state index < -0.39 is 6.04 Å². The number of hydrogen-bond acceptors (Lipinski definition) is 3. The van der Waals surface area contributed by atoms with E-state index in [0.29, 0.717) is 28.6 Å². The molecule has 4 N–H and O–H groups in total. The summed E-state index contributed by atoms with van der Waals surface area (Å²) in [5.74, 6) is 0.546. The Morgan fingerprint density at radius 2 is 1.93 bits per heavy atom. The van der Waals surface area contributed by atoms with Crippen LogP contribution in [0.4, 0.5) is 0 Å². The Balaban J connectivity index is 1.77. The maximum Gasteiger partial charge on any atom is 0.260 e. The molecule has 1 aromatic rings. The summed E-state index contributed by atoms with van der Waals surface area (Å²) in [5, 5.41) is 6.37. The van der Waals surface area contributed by atoms with Gasteiger partial charge in [-0.05, 0) is 56.5 Å². The predicted molar refractivity (Wildman–Crippen MR) is 111 cm³/mol. The molecule has 0 bridgehead atoms. The van der Waals surface area contributed by atoms with Gasteiger partial charge in [0.25, 0.3) is 11.8 Å². The normalized spacial score (nSPS) is 23.0. The second-order valence-corrected chi connectivity index (χ2v) is 7.93. The van der Waals surface area contributed by atoms with E-state index in [1.54, 1.807) is 19.1 Å². The number of benzene rings is 1. The lowest BCUT2D eigenvalue weighted by atomic mass is 9.78. The number of thiocarbonyl (C=S) groups is 1. The second kappa shape index (κ2) is 9.69. The van der Waals surface area contributed by atoms with Gasteiger partial charge < -0.3 is 10.6 Å². The molecule has 0 heterocycles. The summed E-state index contributed by atoms with van der Waals surface area (Å²) < 4.78 is 0. The van der Waals surface area contributed by atoms with Gasteiger partial charge >= 0.3 is 0 Å². The molecule has 0 unspecified atom stereocenters. The third-order valence-corrected chi connectivity index (χ3v) is 5.56. The van der Waals surface area contributed by atoms with E-state index in [1.165, 1.54) is 12.8 Å². The van der Waals surface area contributed by atoms with Crippen molar-refractivity contribution in [2.45, 2.75) is 59.0 Å². The van der Waals surface area contributed by atoms with Gasteiger partial charge in [-0.1, -0.05) is 44.4 Å². The van der Waals surface area contributed by atoms with E-state index in [1.807, 2.05) is 19.1 Å². The Kier molecular flexibility index (Phi) is 7.59. The van der Waals surface area contributed by atoms with Crippen molar-refractivity contribution >= 4 is 29.1 Å². The van der Waals surface area contributed by atoms with Crippen molar-refractivity contribution in [2.75, 3.05) is 0 Å². The van der Waals surface area contributed by atoms with Crippen LogP contribution in [0.25, 0.3) is 0 Å². The van der Waals surface area contributed by atoms with E-state index in [0.717, 1.165) is 12.0 Å². The van der Waals surface area contributed by atoms with Gasteiger partial charge in [-0.15, -0.1) is 0 Å². The third-order valence-electron chi connectivity index (χ3n) is 5.34. The van der Waals surface area contributed by atoms with E-state index in [9.17, 15) is 9.59 Å².